The molecule has 0 aromatic heterocycles. The molecule has 0 aliphatic carbocycles. The van der Waals surface area contributed by atoms with Crippen molar-refractivity contribution in [2.75, 3.05) is 0 Å². The van der Waals surface area contributed by atoms with Gasteiger partial charge in [0.05, 0.1) is 0 Å². The fourth-order valence-corrected chi connectivity index (χ4v) is 2.39. The van der Waals surface area contributed by atoms with Crippen LogP contribution in [-0.4, -0.2) is 33.2 Å². The molecule has 0 bridgehead atoms. The van der Waals surface area contributed by atoms with Crippen LogP contribution in [0.2, 0.25) is 0 Å². The van der Waals surface area contributed by atoms with E-state index in [0.717, 1.165) is 32.1 Å². The Balaban J connectivity index is 4.47. The van der Waals surface area contributed by atoms with E-state index in [4.69, 9.17) is 5.11 Å². The molecule has 0 aromatic rings. The summed E-state index contributed by atoms with van der Waals surface area (Å²) in [6.45, 7) is 2.10. The Bertz CT molecular complexity index is 336. The average Bonchev–Trinajstić information content (AvgIpc) is 2.39. The van der Waals surface area contributed by atoms with Crippen LogP contribution >= 0.6 is 0 Å². The second-order valence-electron chi connectivity index (χ2n) is 5.46. The molecule has 6 nitrogen and oxygen atoms in total. The van der Waals surface area contributed by atoms with Crippen molar-refractivity contribution in [3.05, 3.63) is 0 Å². The van der Waals surface area contributed by atoms with Gasteiger partial charge in [-0.25, -0.2) is 0 Å². The van der Waals surface area contributed by atoms with E-state index in [1.807, 2.05) is 0 Å². The Morgan fingerprint density at radius 2 is 1.24 bits per heavy atom. The lowest BCUT2D eigenvalue weighted by Crippen LogP contribution is -2.39. The lowest BCUT2D eigenvalue weighted by atomic mass is 9.78. The van der Waals surface area contributed by atoms with Crippen LogP contribution in [0.4, 0.5) is 0 Å². The SMILES string of the molecule is CCCCCCCCC(CCCC(=O)O)(C(=O)O)C(=O)O. The Morgan fingerprint density at radius 3 is 1.71 bits per heavy atom. The molecule has 0 heterocycles. The van der Waals surface area contributed by atoms with Gasteiger partial charge in [0, 0.05) is 6.42 Å². The monoisotopic (exact) mass is 302 g/mol. The topological polar surface area (TPSA) is 112 Å². The molecule has 0 aromatic carbocycles. The lowest BCUT2D eigenvalue weighted by Gasteiger charge is -2.24. The largest absolute Gasteiger partial charge is 0.481 e. The summed E-state index contributed by atoms with van der Waals surface area (Å²) in [5.74, 6) is -3.78. The normalized spacial score (nSPS) is 11.3. The van der Waals surface area contributed by atoms with E-state index in [1.54, 1.807) is 0 Å². The van der Waals surface area contributed by atoms with Crippen LogP contribution in [0.5, 0.6) is 0 Å². The maximum atomic E-state index is 11.4. The molecule has 0 aliphatic rings. The highest BCUT2D eigenvalue weighted by Gasteiger charge is 2.45. The van der Waals surface area contributed by atoms with Crippen molar-refractivity contribution in [1.29, 1.82) is 0 Å². The first-order chi connectivity index (χ1) is 9.86. The van der Waals surface area contributed by atoms with Gasteiger partial charge in [-0.05, 0) is 19.3 Å². The van der Waals surface area contributed by atoms with E-state index in [0.29, 0.717) is 6.42 Å². The average molecular weight is 302 g/mol. The van der Waals surface area contributed by atoms with Crippen molar-refractivity contribution in [3.8, 4) is 0 Å². The minimum absolute atomic E-state index is 0.0589. The molecule has 21 heavy (non-hydrogen) atoms. The molecule has 122 valence electrons. The van der Waals surface area contributed by atoms with Crippen molar-refractivity contribution in [2.45, 2.75) is 71.1 Å². The molecule has 3 N–H and O–H groups in total. The van der Waals surface area contributed by atoms with Gasteiger partial charge < -0.3 is 15.3 Å². The summed E-state index contributed by atoms with van der Waals surface area (Å²) in [5, 5.41) is 27.1. The second-order valence-corrected chi connectivity index (χ2v) is 5.46. The quantitative estimate of drug-likeness (QED) is 0.356. The number of hydrogen-bond donors (Lipinski definition) is 3. The first-order valence-corrected chi connectivity index (χ1v) is 7.55. The summed E-state index contributed by atoms with van der Waals surface area (Å²) in [4.78, 5) is 33.2. The van der Waals surface area contributed by atoms with Crippen molar-refractivity contribution in [3.63, 3.8) is 0 Å². The molecule has 0 saturated carbocycles. The molecule has 0 unspecified atom stereocenters. The van der Waals surface area contributed by atoms with E-state index in [2.05, 4.69) is 6.92 Å². The van der Waals surface area contributed by atoms with E-state index in [-0.39, 0.29) is 25.7 Å². The molecule has 0 saturated heterocycles. The Morgan fingerprint density at radius 1 is 0.762 bits per heavy atom. The molecule has 0 aliphatic heterocycles. The smallest absolute Gasteiger partial charge is 0.321 e. The molecule has 0 rings (SSSR count). The lowest BCUT2D eigenvalue weighted by molar-refractivity contribution is -0.166. The molecule has 0 atom stereocenters. The first-order valence-electron chi connectivity index (χ1n) is 7.55. The van der Waals surface area contributed by atoms with Crippen molar-refractivity contribution >= 4 is 17.9 Å². The van der Waals surface area contributed by atoms with Gasteiger partial charge in [0.15, 0.2) is 5.41 Å². The number of aliphatic carboxylic acids is 3. The number of carboxylic acids is 3. The van der Waals surface area contributed by atoms with E-state index in [1.165, 1.54) is 0 Å². The molecule has 0 fully saturated rings. The minimum atomic E-state index is -1.85. The Hall–Kier alpha value is -1.59. The summed E-state index contributed by atoms with van der Waals surface area (Å²) in [7, 11) is 0. The van der Waals surface area contributed by atoms with Gasteiger partial charge in [-0.3, -0.25) is 14.4 Å². The van der Waals surface area contributed by atoms with Crippen molar-refractivity contribution < 1.29 is 29.7 Å². The number of unbranched alkanes of at least 4 members (excludes halogenated alkanes) is 5. The van der Waals surface area contributed by atoms with E-state index < -0.39 is 23.3 Å². The zero-order valence-corrected chi connectivity index (χ0v) is 12.6. The fourth-order valence-electron chi connectivity index (χ4n) is 2.39. The van der Waals surface area contributed by atoms with Crippen LogP contribution in [0.15, 0.2) is 0 Å². The zero-order valence-electron chi connectivity index (χ0n) is 12.6. The Kier molecular flexibility index (Phi) is 9.41. The number of rotatable bonds is 13. The predicted molar refractivity (Wildman–Crippen MR) is 77.2 cm³/mol. The number of carbonyl (C=O) groups is 3. The predicted octanol–water partition coefficient (Wildman–Crippen LogP) is 3.15. The fraction of sp³-hybridized carbons (Fsp3) is 0.800. The standard InChI is InChI=1S/C15H26O6/c1-2-3-4-5-6-7-10-15(13(18)19,14(20)21)11-8-9-12(16)17/h2-11H2,1H3,(H,16,17)(H,18,19)(H,20,21). The van der Waals surface area contributed by atoms with Gasteiger partial charge in [-0.1, -0.05) is 45.4 Å². The third-order valence-corrected chi connectivity index (χ3v) is 3.77. The molecular formula is C15H26O6. The highest BCUT2D eigenvalue weighted by Crippen LogP contribution is 2.32. The van der Waals surface area contributed by atoms with Gasteiger partial charge in [0.2, 0.25) is 0 Å². The zero-order chi connectivity index (χ0) is 16.3. The highest BCUT2D eigenvalue weighted by atomic mass is 16.4. The van der Waals surface area contributed by atoms with Crippen LogP contribution in [0.3, 0.4) is 0 Å². The number of carboxylic acid groups (broad SMARTS) is 3. The summed E-state index contributed by atoms with van der Waals surface area (Å²) in [6.07, 6.45) is 5.40. The Labute approximate surface area is 125 Å². The van der Waals surface area contributed by atoms with Gasteiger partial charge in [0.25, 0.3) is 0 Å². The summed E-state index contributed by atoms with van der Waals surface area (Å²) >= 11 is 0. The molecule has 0 amide bonds. The molecule has 6 heteroatoms. The molecular weight excluding hydrogens is 276 g/mol. The molecule has 0 radical (unpaired) electrons. The first kappa shape index (κ1) is 19.4. The van der Waals surface area contributed by atoms with Crippen molar-refractivity contribution in [1.82, 2.24) is 0 Å². The maximum Gasteiger partial charge on any atom is 0.321 e. The van der Waals surface area contributed by atoms with Crippen LogP contribution in [0.25, 0.3) is 0 Å². The number of hydrogen-bond acceptors (Lipinski definition) is 3. The summed E-state index contributed by atoms with van der Waals surface area (Å²) in [6, 6.07) is 0. The van der Waals surface area contributed by atoms with E-state index in [9.17, 15) is 24.6 Å². The van der Waals surface area contributed by atoms with Gasteiger partial charge in [-0.2, -0.15) is 0 Å². The van der Waals surface area contributed by atoms with Crippen LogP contribution < -0.4 is 0 Å². The second kappa shape index (κ2) is 10.2. The van der Waals surface area contributed by atoms with Crippen LogP contribution in [0.1, 0.15) is 71.1 Å². The van der Waals surface area contributed by atoms with Crippen LogP contribution in [0, 0.1) is 5.41 Å². The van der Waals surface area contributed by atoms with E-state index >= 15 is 0 Å². The third-order valence-electron chi connectivity index (χ3n) is 3.77. The van der Waals surface area contributed by atoms with Gasteiger partial charge in [-0.15, -0.1) is 0 Å². The summed E-state index contributed by atoms with van der Waals surface area (Å²) < 4.78 is 0. The third kappa shape index (κ3) is 7.11. The highest BCUT2D eigenvalue weighted by molar-refractivity contribution is 5.98. The summed E-state index contributed by atoms with van der Waals surface area (Å²) in [5.41, 5.74) is -1.85. The maximum absolute atomic E-state index is 11.4. The minimum Gasteiger partial charge on any atom is -0.481 e. The molecule has 0 spiro atoms. The van der Waals surface area contributed by atoms with Gasteiger partial charge >= 0.3 is 17.9 Å². The van der Waals surface area contributed by atoms with Gasteiger partial charge in [0.1, 0.15) is 0 Å². The van der Waals surface area contributed by atoms with Crippen molar-refractivity contribution in [2.24, 2.45) is 5.41 Å². The van der Waals surface area contributed by atoms with Crippen LogP contribution in [-0.2, 0) is 14.4 Å².